The third-order valence-corrected chi connectivity index (χ3v) is 6.72. The maximum atomic E-state index is 13.5. The molecular formula is C23H22N2O4S2. The van der Waals surface area contributed by atoms with Crippen LogP contribution in [-0.4, -0.2) is 24.3 Å². The van der Waals surface area contributed by atoms with Gasteiger partial charge in [0.05, 0.1) is 29.5 Å². The highest BCUT2D eigenvalue weighted by Gasteiger charge is 2.34. The second kappa shape index (κ2) is 9.03. The Kier molecular flexibility index (Phi) is 6.20. The Balaban J connectivity index is 1.98. The van der Waals surface area contributed by atoms with Crippen LogP contribution in [0.3, 0.4) is 0 Å². The Morgan fingerprint density at radius 2 is 2.06 bits per heavy atom. The van der Waals surface area contributed by atoms with E-state index in [9.17, 15) is 9.59 Å². The first-order chi connectivity index (χ1) is 15.0. The number of hydrogen-bond acceptors (Lipinski definition) is 7. The molecule has 6 nitrogen and oxygen atoms in total. The number of ether oxygens (including phenoxy) is 2. The third kappa shape index (κ3) is 4.00. The van der Waals surface area contributed by atoms with Crippen molar-refractivity contribution in [2.45, 2.75) is 26.3 Å². The fourth-order valence-corrected chi connectivity index (χ4v) is 5.31. The fourth-order valence-electron chi connectivity index (χ4n) is 3.54. The van der Waals surface area contributed by atoms with Crippen molar-refractivity contribution < 1.29 is 14.3 Å². The minimum absolute atomic E-state index is 0.193. The molecule has 8 heteroatoms. The molecule has 1 unspecified atom stereocenters. The highest BCUT2D eigenvalue weighted by molar-refractivity contribution is 7.11. The van der Waals surface area contributed by atoms with Gasteiger partial charge in [-0.2, -0.15) is 0 Å². The standard InChI is InChI=1S/C23H22N2O4S2/c1-4-11-29-17-10-6-5-9-16(17)20-19(22(27)28-3)14(2)24-23-25(20)21(26)18(31-23)13-15-8-7-12-30-15/h5-10,12-13,20H,4,11H2,1-3H3/b18-13+. The van der Waals surface area contributed by atoms with Gasteiger partial charge < -0.3 is 9.47 Å². The number of thiazole rings is 1. The van der Waals surface area contributed by atoms with E-state index in [2.05, 4.69) is 4.99 Å². The van der Waals surface area contributed by atoms with Gasteiger partial charge in [0.25, 0.3) is 5.56 Å². The zero-order valence-corrected chi connectivity index (χ0v) is 19.1. The molecule has 0 aliphatic carbocycles. The Morgan fingerprint density at radius 3 is 2.77 bits per heavy atom. The predicted octanol–water partition coefficient (Wildman–Crippen LogP) is 3.26. The molecule has 1 aliphatic heterocycles. The Morgan fingerprint density at radius 1 is 1.26 bits per heavy atom. The van der Waals surface area contributed by atoms with Crippen molar-refractivity contribution in [3.05, 3.63) is 83.2 Å². The lowest BCUT2D eigenvalue weighted by molar-refractivity contribution is -0.136. The minimum atomic E-state index is -0.678. The quantitative estimate of drug-likeness (QED) is 0.536. The topological polar surface area (TPSA) is 69.9 Å². The Bertz CT molecular complexity index is 1320. The van der Waals surface area contributed by atoms with Gasteiger partial charge >= 0.3 is 5.97 Å². The summed E-state index contributed by atoms with van der Waals surface area (Å²) in [4.78, 5) is 32.4. The lowest BCUT2D eigenvalue weighted by atomic mass is 9.95. The smallest absolute Gasteiger partial charge is 0.338 e. The highest BCUT2D eigenvalue weighted by Crippen LogP contribution is 2.35. The molecule has 1 aliphatic rings. The number of hydrogen-bond donors (Lipinski definition) is 0. The van der Waals surface area contributed by atoms with Crippen LogP contribution in [0, 0.1) is 0 Å². The van der Waals surface area contributed by atoms with Crippen LogP contribution in [-0.2, 0) is 9.53 Å². The highest BCUT2D eigenvalue weighted by atomic mass is 32.1. The predicted molar refractivity (Wildman–Crippen MR) is 122 cm³/mol. The third-order valence-electron chi connectivity index (χ3n) is 4.92. The van der Waals surface area contributed by atoms with E-state index in [-0.39, 0.29) is 5.56 Å². The molecule has 0 fully saturated rings. The number of fused-ring (bicyclic) bond motifs is 1. The van der Waals surface area contributed by atoms with E-state index in [0.29, 0.717) is 33.0 Å². The normalized spacial score (nSPS) is 16.1. The van der Waals surface area contributed by atoms with Crippen molar-refractivity contribution in [1.82, 2.24) is 4.57 Å². The SMILES string of the molecule is CCCOc1ccccc1C1C(C(=O)OC)=C(C)N=c2s/c(=C/c3cccs3)c(=O)n21. The number of carbonyl (C=O) groups is 1. The number of methoxy groups -OCH3 is 1. The van der Waals surface area contributed by atoms with Crippen LogP contribution in [0.15, 0.2) is 62.8 Å². The van der Waals surface area contributed by atoms with E-state index in [1.165, 1.54) is 18.4 Å². The van der Waals surface area contributed by atoms with Crippen molar-refractivity contribution in [2.75, 3.05) is 13.7 Å². The van der Waals surface area contributed by atoms with E-state index in [1.807, 2.05) is 54.8 Å². The number of esters is 1. The first-order valence-corrected chi connectivity index (χ1v) is 11.6. The number of aromatic nitrogens is 1. The van der Waals surface area contributed by atoms with Gasteiger partial charge in [0.15, 0.2) is 4.80 Å². The molecule has 1 aromatic carbocycles. The van der Waals surface area contributed by atoms with Gasteiger partial charge in [-0.15, -0.1) is 11.3 Å². The van der Waals surface area contributed by atoms with Crippen molar-refractivity contribution in [3.8, 4) is 5.75 Å². The van der Waals surface area contributed by atoms with Crippen LogP contribution in [0.1, 0.15) is 36.8 Å². The molecule has 0 bridgehead atoms. The summed E-state index contributed by atoms with van der Waals surface area (Å²) in [6.07, 6.45) is 2.71. The summed E-state index contributed by atoms with van der Waals surface area (Å²) in [7, 11) is 1.33. The summed E-state index contributed by atoms with van der Waals surface area (Å²) >= 11 is 2.87. The second-order valence-electron chi connectivity index (χ2n) is 6.98. The molecule has 0 radical (unpaired) electrons. The second-order valence-corrected chi connectivity index (χ2v) is 8.96. The monoisotopic (exact) mass is 454 g/mol. The number of para-hydroxylation sites is 1. The van der Waals surface area contributed by atoms with E-state index >= 15 is 0 Å². The van der Waals surface area contributed by atoms with Crippen molar-refractivity contribution in [3.63, 3.8) is 0 Å². The summed E-state index contributed by atoms with van der Waals surface area (Å²) in [5.41, 5.74) is 1.41. The van der Waals surface area contributed by atoms with E-state index in [0.717, 1.165) is 16.9 Å². The Labute approximate surface area is 187 Å². The molecule has 3 aromatic rings. The lowest BCUT2D eigenvalue weighted by Crippen LogP contribution is -2.40. The van der Waals surface area contributed by atoms with E-state index < -0.39 is 12.0 Å². The maximum absolute atomic E-state index is 13.5. The van der Waals surface area contributed by atoms with Crippen LogP contribution < -0.4 is 19.6 Å². The number of nitrogens with zero attached hydrogens (tertiary/aromatic N) is 2. The molecule has 31 heavy (non-hydrogen) atoms. The summed E-state index contributed by atoms with van der Waals surface area (Å²) in [5.74, 6) is 0.127. The van der Waals surface area contributed by atoms with Gasteiger partial charge in [-0.1, -0.05) is 42.5 Å². The fraction of sp³-hybridized carbons (Fsp3) is 0.261. The van der Waals surface area contributed by atoms with Crippen molar-refractivity contribution >= 4 is 34.7 Å². The van der Waals surface area contributed by atoms with Gasteiger partial charge in [-0.05, 0) is 36.9 Å². The Hall–Kier alpha value is -2.97. The first-order valence-electron chi connectivity index (χ1n) is 9.91. The first kappa shape index (κ1) is 21.3. The molecule has 0 spiro atoms. The van der Waals surface area contributed by atoms with Crippen LogP contribution in [0.5, 0.6) is 5.75 Å². The molecule has 160 valence electrons. The largest absolute Gasteiger partial charge is 0.493 e. The van der Waals surface area contributed by atoms with Crippen LogP contribution in [0.4, 0.5) is 0 Å². The molecule has 4 rings (SSSR count). The maximum Gasteiger partial charge on any atom is 0.338 e. The van der Waals surface area contributed by atoms with Crippen LogP contribution >= 0.6 is 22.7 Å². The van der Waals surface area contributed by atoms with Crippen LogP contribution in [0.25, 0.3) is 6.08 Å². The van der Waals surface area contributed by atoms with Gasteiger partial charge in [-0.3, -0.25) is 9.36 Å². The zero-order chi connectivity index (χ0) is 22.0. The van der Waals surface area contributed by atoms with E-state index in [1.54, 1.807) is 22.8 Å². The van der Waals surface area contributed by atoms with Crippen LogP contribution in [0.2, 0.25) is 0 Å². The lowest BCUT2D eigenvalue weighted by Gasteiger charge is -2.26. The number of thiophene rings is 1. The molecule has 1 atom stereocenters. The summed E-state index contributed by atoms with van der Waals surface area (Å²) in [6.45, 7) is 4.33. The molecule has 3 heterocycles. The minimum Gasteiger partial charge on any atom is -0.493 e. The number of carbonyl (C=O) groups excluding carboxylic acids is 1. The summed E-state index contributed by atoms with van der Waals surface area (Å²) < 4.78 is 13.2. The average molecular weight is 455 g/mol. The van der Waals surface area contributed by atoms with Crippen molar-refractivity contribution in [1.29, 1.82) is 0 Å². The molecule has 2 aromatic heterocycles. The van der Waals surface area contributed by atoms with Gasteiger partial charge in [0.1, 0.15) is 11.8 Å². The van der Waals surface area contributed by atoms with Gasteiger partial charge in [0.2, 0.25) is 0 Å². The van der Waals surface area contributed by atoms with Crippen molar-refractivity contribution in [2.24, 2.45) is 4.99 Å². The molecule has 0 amide bonds. The molecular weight excluding hydrogens is 432 g/mol. The molecule has 0 saturated heterocycles. The molecule has 0 N–H and O–H groups in total. The number of rotatable bonds is 6. The van der Waals surface area contributed by atoms with Gasteiger partial charge in [0, 0.05) is 10.4 Å². The number of allylic oxidation sites excluding steroid dienone is 1. The molecule has 0 saturated carbocycles. The van der Waals surface area contributed by atoms with Gasteiger partial charge in [-0.25, -0.2) is 9.79 Å². The summed E-state index contributed by atoms with van der Waals surface area (Å²) in [6, 6.07) is 10.7. The average Bonchev–Trinajstić information content (AvgIpc) is 3.39. The number of benzene rings is 1. The summed E-state index contributed by atoms with van der Waals surface area (Å²) in [5, 5.41) is 1.96. The zero-order valence-electron chi connectivity index (χ0n) is 17.5. The van der Waals surface area contributed by atoms with E-state index in [4.69, 9.17) is 9.47 Å².